The number of rotatable bonds is 8. The van der Waals surface area contributed by atoms with Gasteiger partial charge in [-0.2, -0.15) is 0 Å². The summed E-state index contributed by atoms with van der Waals surface area (Å²) in [6.45, 7) is 1.02. The van der Waals surface area contributed by atoms with Crippen molar-refractivity contribution in [2.24, 2.45) is 7.05 Å². The van der Waals surface area contributed by atoms with E-state index in [0.717, 1.165) is 5.56 Å². The average Bonchev–Trinajstić information content (AvgIpc) is 3.16. The first-order valence-corrected chi connectivity index (χ1v) is 9.32. The van der Waals surface area contributed by atoms with Crippen molar-refractivity contribution in [1.29, 1.82) is 0 Å². The summed E-state index contributed by atoms with van der Waals surface area (Å²) in [5, 5.41) is 0. The van der Waals surface area contributed by atoms with Crippen molar-refractivity contribution in [1.82, 2.24) is 19.4 Å². The van der Waals surface area contributed by atoms with Crippen molar-refractivity contribution in [3.05, 3.63) is 66.4 Å². The van der Waals surface area contributed by atoms with Crippen LogP contribution < -0.4 is 4.74 Å². The molecule has 1 aromatic carbocycles. The molecule has 0 fully saturated rings. The lowest BCUT2D eigenvalue weighted by molar-refractivity contribution is -0.274. The summed E-state index contributed by atoms with van der Waals surface area (Å²) in [6, 6.07) is 9.00. The Kier molecular flexibility index (Phi) is 6.91. The van der Waals surface area contributed by atoms with Gasteiger partial charge in [0.1, 0.15) is 11.4 Å². The van der Waals surface area contributed by atoms with Gasteiger partial charge in [-0.15, -0.1) is 13.2 Å². The number of aryl methyl sites for hydroxylation is 1. The summed E-state index contributed by atoms with van der Waals surface area (Å²) in [4.78, 5) is 22.9. The van der Waals surface area contributed by atoms with E-state index in [0.29, 0.717) is 36.6 Å². The first-order chi connectivity index (χ1) is 14.7. The van der Waals surface area contributed by atoms with Crippen LogP contribution in [0.3, 0.4) is 0 Å². The lowest BCUT2D eigenvalue weighted by Gasteiger charge is -2.22. The molecule has 3 rings (SSSR count). The molecule has 10 heteroatoms. The number of imidazole rings is 1. The van der Waals surface area contributed by atoms with E-state index in [1.807, 2.05) is 0 Å². The zero-order valence-electron chi connectivity index (χ0n) is 17.0. The Hall–Kier alpha value is -3.40. The van der Waals surface area contributed by atoms with Crippen LogP contribution in [0.5, 0.6) is 5.75 Å². The standard InChI is InChI=1S/C21H21F3N4O3/c1-27-13-19(26-14-27)20(29)28(9-10-30-2)12-15-7-8-25-18(11-15)16-3-5-17(6-4-16)31-21(22,23)24/h3-8,11,13-14H,9-10,12H2,1-2H3. The maximum atomic E-state index is 12.8. The van der Waals surface area contributed by atoms with Crippen molar-refractivity contribution in [2.45, 2.75) is 12.9 Å². The summed E-state index contributed by atoms with van der Waals surface area (Å²) in [6.07, 6.45) is 0.0408. The third-order valence-corrected chi connectivity index (χ3v) is 4.36. The molecule has 0 aliphatic rings. The maximum Gasteiger partial charge on any atom is 0.573 e. The van der Waals surface area contributed by atoms with Gasteiger partial charge in [-0.1, -0.05) is 0 Å². The molecule has 164 valence electrons. The Balaban J connectivity index is 1.78. The van der Waals surface area contributed by atoms with Gasteiger partial charge in [0, 0.05) is 45.2 Å². The summed E-state index contributed by atoms with van der Waals surface area (Å²) < 4.78 is 47.7. The second kappa shape index (κ2) is 9.61. The normalized spacial score (nSPS) is 11.4. The highest BCUT2D eigenvalue weighted by molar-refractivity contribution is 5.92. The number of methoxy groups -OCH3 is 1. The Labute approximate surface area is 177 Å². The Morgan fingerprint density at radius 3 is 2.52 bits per heavy atom. The zero-order valence-corrected chi connectivity index (χ0v) is 17.0. The van der Waals surface area contributed by atoms with E-state index in [2.05, 4.69) is 14.7 Å². The van der Waals surface area contributed by atoms with E-state index in [1.54, 1.807) is 54.5 Å². The molecule has 0 unspecified atom stereocenters. The number of carbonyl (C=O) groups is 1. The van der Waals surface area contributed by atoms with Gasteiger partial charge >= 0.3 is 6.36 Å². The Morgan fingerprint density at radius 2 is 1.90 bits per heavy atom. The molecule has 1 amide bonds. The first kappa shape index (κ1) is 22.3. The van der Waals surface area contributed by atoms with Gasteiger partial charge in [0.2, 0.25) is 0 Å². The molecule has 0 aliphatic carbocycles. The zero-order chi connectivity index (χ0) is 22.4. The van der Waals surface area contributed by atoms with E-state index in [-0.39, 0.29) is 11.7 Å². The number of pyridine rings is 1. The van der Waals surface area contributed by atoms with Crippen LogP contribution in [0.25, 0.3) is 11.3 Å². The number of nitrogens with zero attached hydrogens (tertiary/aromatic N) is 4. The van der Waals surface area contributed by atoms with Crippen molar-refractivity contribution in [3.8, 4) is 17.0 Å². The second-order valence-corrected chi connectivity index (χ2v) is 6.77. The molecule has 0 atom stereocenters. The first-order valence-electron chi connectivity index (χ1n) is 9.32. The Bertz CT molecular complexity index is 1020. The highest BCUT2D eigenvalue weighted by Crippen LogP contribution is 2.26. The monoisotopic (exact) mass is 434 g/mol. The van der Waals surface area contributed by atoms with Crippen LogP contribution in [0.4, 0.5) is 13.2 Å². The third kappa shape index (κ3) is 6.29. The lowest BCUT2D eigenvalue weighted by atomic mass is 10.1. The minimum Gasteiger partial charge on any atom is -0.406 e. The number of amides is 1. The molecule has 3 aromatic rings. The van der Waals surface area contributed by atoms with Gasteiger partial charge in [0.25, 0.3) is 5.91 Å². The topological polar surface area (TPSA) is 69.5 Å². The van der Waals surface area contributed by atoms with Crippen LogP contribution in [-0.4, -0.2) is 52.0 Å². The molecular formula is C21H21F3N4O3. The van der Waals surface area contributed by atoms with Gasteiger partial charge < -0.3 is 18.9 Å². The highest BCUT2D eigenvalue weighted by Gasteiger charge is 2.31. The minimum absolute atomic E-state index is 0.232. The summed E-state index contributed by atoms with van der Waals surface area (Å²) in [5.41, 5.74) is 2.32. The summed E-state index contributed by atoms with van der Waals surface area (Å²) >= 11 is 0. The van der Waals surface area contributed by atoms with E-state index in [4.69, 9.17) is 4.74 Å². The third-order valence-electron chi connectivity index (χ3n) is 4.36. The van der Waals surface area contributed by atoms with E-state index < -0.39 is 6.36 Å². The number of aromatic nitrogens is 3. The molecular weight excluding hydrogens is 413 g/mol. The van der Waals surface area contributed by atoms with E-state index >= 15 is 0 Å². The number of ether oxygens (including phenoxy) is 2. The van der Waals surface area contributed by atoms with Crippen LogP contribution >= 0.6 is 0 Å². The fourth-order valence-electron chi connectivity index (χ4n) is 2.92. The molecule has 0 spiro atoms. The van der Waals surface area contributed by atoms with Gasteiger partial charge in [-0.05, 0) is 42.0 Å². The molecule has 0 N–H and O–H groups in total. The van der Waals surface area contributed by atoms with Crippen LogP contribution in [-0.2, 0) is 18.3 Å². The molecule has 0 bridgehead atoms. The number of carbonyl (C=O) groups excluding carboxylic acids is 1. The van der Waals surface area contributed by atoms with Crippen molar-refractivity contribution >= 4 is 5.91 Å². The largest absolute Gasteiger partial charge is 0.573 e. The van der Waals surface area contributed by atoms with E-state index in [1.165, 1.54) is 24.3 Å². The molecule has 0 saturated heterocycles. The van der Waals surface area contributed by atoms with Crippen LogP contribution in [0.2, 0.25) is 0 Å². The summed E-state index contributed by atoms with van der Waals surface area (Å²) in [7, 11) is 3.34. The average molecular weight is 434 g/mol. The number of halogens is 3. The van der Waals surface area contributed by atoms with Gasteiger partial charge in [0.05, 0.1) is 18.6 Å². The molecule has 7 nitrogen and oxygen atoms in total. The minimum atomic E-state index is -4.74. The second-order valence-electron chi connectivity index (χ2n) is 6.77. The van der Waals surface area contributed by atoms with Crippen molar-refractivity contribution in [2.75, 3.05) is 20.3 Å². The molecule has 0 aliphatic heterocycles. The van der Waals surface area contributed by atoms with Gasteiger partial charge in [-0.3, -0.25) is 9.78 Å². The number of hydrogen-bond acceptors (Lipinski definition) is 5. The quantitative estimate of drug-likeness (QED) is 0.541. The van der Waals surface area contributed by atoms with Crippen LogP contribution in [0, 0.1) is 0 Å². The van der Waals surface area contributed by atoms with Crippen molar-refractivity contribution in [3.63, 3.8) is 0 Å². The fraction of sp³-hybridized carbons (Fsp3) is 0.286. The number of benzene rings is 1. The fourth-order valence-corrected chi connectivity index (χ4v) is 2.92. The molecule has 2 aromatic heterocycles. The molecule has 2 heterocycles. The number of hydrogen-bond donors (Lipinski definition) is 0. The number of alkyl halides is 3. The SMILES string of the molecule is COCCN(Cc1ccnc(-c2ccc(OC(F)(F)F)cc2)c1)C(=O)c1cn(C)cn1. The highest BCUT2D eigenvalue weighted by atomic mass is 19.4. The molecule has 0 radical (unpaired) electrons. The predicted octanol–water partition coefficient (Wildman–Crippen LogP) is 3.67. The molecule has 0 saturated carbocycles. The Morgan fingerprint density at radius 1 is 1.16 bits per heavy atom. The summed E-state index contributed by atoms with van der Waals surface area (Å²) in [5.74, 6) is -0.538. The van der Waals surface area contributed by atoms with Gasteiger partial charge in [-0.25, -0.2) is 4.98 Å². The van der Waals surface area contributed by atoms with Crippen LogP contribution in [0.1, 0.15) is 16.1 Å². The smallest absolute Gasteiger partial charge is 0.406 e. The van der Waals surface area contributed by atoms with Gasteiger partial charge in [0.15, 0.2) is 0 Å². The van der Waals surface area contributed by atoms with Crippen LogP contribution in [0.15, 0.2) is 55.1 Å². The lowest BCUT2D eigenvalue weighted by Crippen LogP contribution is -2.33. The predicted molar refractivity (Wildman–Crippen MR) is 106 cm³/mol. The maximum absolute atomic E-state index is 12.8. The van der Waals surface area contributed by atoms with Crippen molar-refractivity contribution < 1.29 is 27.4 Å². The van der Waals surface area contributed by atoms with E-state index in [9.17, 15) is 18.0 Å². The molecule has 31 heavy (non-hydrogen) atoms.